The second kappa shape index (κ2) is 7.56. The molecule has 0 bridgehead atoms. The molecule has 28 heavy (non-hydrogen) atoms. The summed E-state index contributed by atoms with van der Waals surface area (Å²) in [5.41, 5.74) is 2.72. The standard InChI is InChI=1S/C22H23N3O3/c1-2-3-15-4-6-16(7-5-15)21-18-12-24(13-20(27)25(18)19(21)14-26)22(28)17-8-10-23-11-9-17/h2-11,18-19,21,26H,12-14H2,1H3/b3-2+/t18-,19-,21-/m0/s1. The van der Waals surface area contributed by atoms with E-state index in [0.717, 1.165) is 11.1 Å². The minimum absolute atomic E-state index is 0.0154. The molecule has 0 spiro atoms. The first-order valence-electron chi connectivity index (χ1n) is 9.48. The molecule has 0 aliphatic carbocycles. The van der Waals surface area contributed by atoms with Crippen LogP contribution in [-0.4, -0.2) is 63.5 Å². The van der Waals surface area contributed by atoms with Crippen LogP contribution in [0.15, 0.2) is 54.9 Å². The predicted molar refractivity (Wildman–Crippen MR) is 106 cm³/mol. The van der Waals surface area contributed by atoms with Gasteiger partial charge in [-0.2, -0.15) is 0 Å². The van der Waals surface area contributed by atoms with Gasteiger partial charge in [0.15, 0.2) is 0 Å². The zero-order valence-electron chi connectivity index (χ0n) is 15.7. The number of piperazine rings is 1. The third kappa shape index (κ3) is 3.10. The molecule has 2 fully saturated rings. The highest BCUT2D eigenvalue weighted by molar-refractivity contribution is 5.97. The van der Waals surface area contributed by atoms with Gasteiger partial charge in [0.1, 0.15) is 6.54 Å². The summed E-state index contributed by atoms with van der Waals surface area (Å²) in [5.74, 6) is -0.258. The zero-order valence-corrected chi connectivity index (χ0v) is 15.7. The number of fused-ring (bicyclic) bond motifs is 1. The Morgan fingerprint density at radius 3 is 2.57 bits per heavy atom. The molecule has 6 nitrogen and oxygen atoms in total. The van der Waals surface area contributed by atoms with Gasteiger partial charge >= 0.3 is 0 Å². The van der Waals surface area contributed by atoms with Crippen LogP contribution in [0, 0.1) is 0 Å². The van der Waals surface area contributed by atoms with Crippen LogP contribution in [0.3, 0.4) is 0 Å². The van der Waals surface area contributed by atoms with Gasteiger partial charge in [0.2, 0.25) is 5.91 Å². The van der Waals surface area contributed by atoms with Gasteiger partial charge in [-0.15, -0.1) is 0 Å². The second-order valence-corrected chi connectivity index (χ2v) is 7.23. The smallest absolute Gasteiger partial charge is 0.254 e. The van der Waals surface area contributed by atoms with E-state index < -0.39 is 0 Å². The number of rotatable bonds is 4. The molecule has 2 saturated heterocycles. The predicted octanol–water partition coefficient (Wildman–Crippen LogP) is 1.93. The first-order chi connectivity index (χ1) is 13.6. The van der Waals surface area contributed by atoms with E-state index in [4.69, 9.17) is 0 Å². The Morgan fingerprint density at radius 2 is 1.93 bits per heavy atom. The van der Waals surface area contributed by atoms with E-state index >= 15 is 0 Å². The van der Waals surface area contributed by atoms with Crippen molar-refractivity contribution in [3.8, 4) is 0 Å². The van der Waals surface area contributed by atoms with E-state index in [0.29, 0.717) is 12.1 Å². The van der Waals surface area contributed by atoms with E-state index in [1.54, 1.807) is 34.3 Å². The average Bonchev–Trinajstić information content (AvgIpc) is 2.71. The van der Waals surface area contributed by atoms with E-state index in [2.05, 4.69) is 4.98 Å². The number of carbonyl (C=O) groups is 2. The highest BCUT2D eigenvalue weighted by Gasteiger charge is 2.54. The summed E-state index contributed by atoms with van der Waals surface area (Å²) in [6.45, 7) is 2.40. The van der Waals surface area contributed by atoms with E-state index in [1.165, 1.54) is 0 Å². The molecule has 2 amide bonds. The van der Waals surface area contributed by atoms with Crippen molar-refractivity contribution in [3.63, 3.8) is 0 Å². The molecule has 3 atom stereocenters. The van der Waals surface area contributed by atoms with Crippen LogP contribution in [0.25, 0.3) is 6.08 Å². The van der Waals surface area contributed by atoms with E-state index in [9.17, 15) is 14.7 Å². The number of aromatic nitrogens is 1. The summed E-state index contributed by atoms with van der Waals surface area (Å²) in [6, 6.07) is 11.2. The van der Waals surface area contributed by atoms with Crippen LogP contribution >= 0.6 is 0 Å². The minimum atomic E-state index is -0.233. The number of nitrogens with zero attached hydrogens (tertiary/aromatic N) is 3. The summed E-state index contributed by atoms with van der Waals surface area (Å²) in [6.07, 6.45) is 7.16. The maximum Gasteiger partial charge on any atom is 0.254 e. The number of pyridine rings is 1. The van der Waals surface area contributed by atoms with Gasteiger partial charge in [-0.3, -0.25) is 14.6 Å². The lowest BCUT2D eigenvalue weighted by atomic mass is 9.73. The van der Waals surface area contributed by atoms with E-state index in [1.807, 2.05) is 43.3 Å². The Morgan fingerprint density at radius 1 is 1.21 bits per heavy atom. The van der Waals surface area contributed by atoms with Gasteiger partial charge in [-0.1, -0.05) is 36.4 Å². The Bertz CT molecular complexity index is 895. The molecule has 1 N–H and O–H groups in total. The number of amides is 2. The van der Waals surface area contributed by atoms with Crippen LogP contribution in [0.1, 0.15) is 34.3 Å². The highest BCUT2D eigenvalue weighted by atomic mass is 16.3. The fourth-order valence-corrected chi connectivity index (χ4v) is 4.35. The van der Waals surface area contributed by atoms with Crippen LogP contribution < -0.4 is 0 Å². The number of allylic oxidation sites excluding steroid dienone is 1. The molecule has 0 unspecified atom stereocenters. The highest BCUT2D eigenvalue weighted by Crippen LogP contribution is 2.43. The van der Waals surface area contributed by atoms with Crippen molar-refractivity contribution in [2.45, 2.75) is 24.9 Å². The van der Waals surface area contributed by atoms with Crippen molar-refractivity contribution in [2.75, 3.05) is 19.7 Å². The minimum Gasteiger partial charge on any atom is -0.394 e. The van der Waals surface area contributed by atoms with Crippen LogP contribution in [0.4, 0.5) is 0 Å². The topological polar surface area (TPSA) is 73.7 Å². The van der Waals surface area contributed by atoms with Crippen molar-refractivity contribution >= 4 is 17.9 Å². The molecule has 0 saturated carbocycles. The molecule has 0 radical (unpaired) electrons. The molecule has 6 heteroatoms. The quantitative estimate of drug-likeness (QED) is 0.884. The summed E-state index contributed by atoms with van der Waals surface area (Å²) in [4.78, 5) is 32.8. The molecule has 1 aromatic heterocycles. The van der Waals surface area contributed by atoms with Gasteiger partial charge in [0.25, 0.3) is 5.91 Å². The average molecular weight is 377 g/mol. The normalized spacial score (nSPS) is 24.2. The van der Waals surface area contributed by atoms with Gasteiger partial charge in [0, 0.05) is 30.4 Å². The molecular formula is C22H23N3O3. The van der Waals surface area contributed by atoms with Crippen molar-refractivity contribution in [2.24, 2.45) is 0 Å². The second-order valence-electron chi connectivity index (χ2n) is 7.23. The Balaban J connectivity index is 1.58. The van der Waals surface area contributed by atoms with Crippen LogP contribution in [0.5, 0.6) is 0 Å². The fraction of sp³-hybridized carbons (Fsp3) is 0.318. The summed E-state index contributed by atoms with van der Waals surface area (Å²) >= 11 is 0. The number of hydrogen-bond acceptors (Lipinski definition) is 4. The number of aliphatic hydroxyl groups is 1. The van der Waals surface area contributed by atoms with Gasteiger partial charge in [0.05, 0.1) is 18.7 Å². The number of benzene rings is 1. The molecule has 2 aliphatic heterocycles. The molecule has 144 valence electrons. The van der Waals surface area contributed by atoms with Gasteiger partial charge in [-0.05, 0) is 30.2 Å². The Kier molecular flexibility index (Phi) is 4.96. The van der Waals surface area contributed by atoms with E-state index in [-0.39, 0.29) is 43.0 Å². The lowest BCUT2D eigenvalue weighted by Gasteiger charge is -2.58. The van der Waals surface area contributed by atoms with Gasteiger partial charge < -0.3 is 14.9 Å². The third-order valence-corrected chi connectivity index (χ3v) is 5.65. The zero-order chi connectivity index (χ0) is 19.7. The Labute approximate surface area is 164 Å². The van der Waals surface area contributed by atoms with Crippen LogP contribution in [0.2, 0.25) is 0 Å². The van der Waals surface area contributed by atoms with Crippen LogP contribution in [-0.2, 0) is 4.79 Å². The molecular weight excluding hydrogens is 354 g/mol. The third-order valence-electron chi connectivity index (χ3n) is 5.65. The summed E-state index contributed by atoms with van der Waals surface area (Å²) in [5, 5.41) is 9.87. The van der Waals surface area contributed by atoms with Crippen molar-refractivity contribution in [3.05, 3.63) is 71.6 Å². The molecule has 2 aromatic rings. The molecule has 2 aliphatic rings. The van der Waals surface area contributed by atoms with Crippen molar-refractivity contribution in [1.82, 2.24) is 14.8 Å². The lowest BCUT2D eigenvalue weighted by molar-refractivity contribution is -0.159. The largest absolute Gasteiger partial charge is 0.394 e. The number of hydrogen-bond donors (Lipinski definition) is 1. The van der Waals surface area contributed by atoms with Gasteiger partial charge in [-0.25, -0.2) is 0 Å². The fourth-order valence-electron chi connectivity index (χ4n) is 4.35. The maximum absolute atomic E-state index is 12.8. The SMILES string of the molecule is C/C=C/c1ccc([C@@H]2[C@H](CO)N3C(=O)CN(C(=O)c4ccncc4)C[C@@H]23)cc1. The number of aliphatic hydroxyl groups excluding tert-OH is 1. The first-order valence-corrected chi connectivity index (χ1v) is 9.48. The number of carbonyl (C=O) groups excluding carboxylic acids is 2. The maximum atomic E-state index is 12.8. The summed E-state index contributed by atoms with van der Waals surface area (Å²) < 4.78 is 0. The van der Waals surface area contributed by atoms with Crippen molar-refractivity contribution < 1.29 is 14.7 Å². The molecule has 1 aromatic carbocycles. The lowest BCUT2D eigenvalue weighted by Crippen LogP contribution is -2.73. The molecule has 3 heterocycles. The monoisotopic (exact) mass is 377 g/mol. The Hall–Kier alpha value is -2.99. The van der Waals surface area contributed by atoms with Crippen molar-refractivity contribution in [1.29, 1.82) is 0 Å². The summed E-state index contributed by atoms with van der Waals surface area (Å²) in [7, 11) is 0. The molecule has 4 rings (SSSR count). The first kappa shape index (κ1) is 18.4.